The predicted octanol–water partition coefficient (Wildman–Crippen LogP) is 6.17. The molecule has 0 aromatic carbocycles. The topological polar surface area (TPSA) is 60.8 Å². The molecule has 0 aromatic heterocycles. The highest BCUT2D eigenvalue weighted by atomic mass is 16.5. The number of nitrogens with zero attached hydrogens (tertiary/aromatic N) is 1. The summed E-state index contributed by atoms with van der Waals surface area (Å²) in [5.74, 6) is -0.859. The van der Waals surface area contributed by atoms with Crippen LogP contribution in [0, 0.1) is 0 Å². The van der Waals surface area contributed by atoms with Gasteiger partial charge in [-0.05, 0) is 19.3 Å². The first-order valence-corrected chi connectivity index (χ1v) is 10.8. The molecule has 1 rings (SSSR count). The molecule has 1 fully saturated rings. The minimum absolute atomic E-state index is 0.491. The van der Waals surface area contributed by atoms with E-state index >= 15 is 0 Å². The molecule has 148 valence electrons. The second-order valence-electron chi connectivity index (χ2n) is 7.91. The molecule has 0 radical (unpaired) electrons. The van der Waals surface area contributed by atoms with Gasteiger partial charge in [0.25, 0.3) is 0 Å². The molecular weight excluding hydrogens is 314 g/mol. The van der Waals surface area contributed by atoms with E-state index in [1.54, 1.807) is 0 Å². The maximum Gasteiger partial charge on any atom is 0.326 e. The van der Waals surface area contributed by atoms with Gasteiger partial charge in [0.2, 0.25) is 0 Å². The van der Waals surface area contributed by atoms with Gasteiger partial charge in [-0.2, -0.15) is 5.06 Å². The first kappa shape index (κ1) is 22.4. The number of hydrogen-bond donors (Lipinski definition) is 2. The van der Waals surface area contributed by atoms with Crippen LogP contribution in [0.3, 0.4) is 0 Å². The zero-order chi connectivity index (χ0) is 18.4. The number of rotatable bonds is 16. The lowest BCUT2D eigenvalue weighted by Crippen LogP contribution is -2.48. The largest absolute Gasteiger partial charge is 0.480 e. The smallest absolute Gasteiger partial charge is 0.326 e. The Balaban J connectivity index is 1.90. The van der Waals surface area contributed by atoms with Crippen LogP contribution in [0.15, 0.2) is 0 Å². The van der Waals surface area contributed by atoms with Crippen molar-refractivity contribution in [1.82, 2.24) is 5.06 Å². The van der Waals surface area contributed by atoms with E-state index in [1.807, 2.05) is 0 Å². The molecule has 1 saturated heterocycles. The number of hydroxylamine groups is 2. The van der Waals surface area contributed by atoms with E-state index in [0.717, 1.165) is 24.3 Å². The van der Waals surface area contributed by atoms with Crippen molar-refractivity contribution in [1.29, 1.82) is 0 Å². The molecule has 0 saturated carbocycles. The van der Waals surface area contributed by atoms with E-state index < -0.39 is 11.5 Å². The third-order valence-electron chi connectivity index (χ3n) is 5.80. The van der Waals surface area contributed by atoms with E-state index in [9.17, 15) is 15.1 Å². The van der Waals surface area contributed by atoms with Gasteiger partial charge in [-0.3, -0.25) is 4.79 Å². The Morgan fingerprint density at radius 1 is 0.840 bits per heavy atom. The summed E-state index contributed by atoms with van der Waals surface area (Å²) in [4.78, 5) is 11.5. The summed E-state index contributed by atoms with van der Waals surface area (Å²) in [6.45, 7) is 2.76. The molecular formula is C21H41NO3. The highest BCUT2D eigenvalue weighted by molar-refractivity contribution is 5.78. The lowest BCUT2D eigenvalue weighted by Gasteiger charge is -2.29. The summed E-state index contributed by atoms with van der Waals surface area (Å²) in [7, 11) is 0. The van der Waals surface area contributed by atoms with Crippen LogP contribution in [-0.2, 0) is 4.79 Å². The van der Waals surface area contributed by atoms with Crippen molar-refractivity contribution in [2.75, 3.05) is 6.54 Å². The monoisotopic (exact) mass is 355 g/mol. The summed E-state index contributed by atoms with van der Waals surface area (Å²) in [6.07, 6.45) is 20.2. The standard InChI is InChI=1S/C21H41NO3/c1-2-3-4-5-6-7-8-9-10-11-12-13-14-15-17-21(20(23)24)18-16-19-22(21)25/h25H,2-19H2,1H3,(H,23,24). The molecule has 0 spiro atoms. The summed E-state index contributed by atoms with van der Waals surface area (Å²) in [5.41, 5.74) is -1.00. The molecule has 1 atom stereocenters. The van der Waals surface area contributed by atoms with Gasteiger partial charge in [-0.15, -0.1) is 0 Å². The van der Waals surface area contributed by atoms with Crippen molar-refractivity contribution in [3.63, 3.8) is 0 Å². The van der Waals surface area contributed by atoms with Gasteiger partial charge in [0.1, 0.15) is 5.54 Å². The molecule has 4 nitrogen and oxygen atoms in total. The third-order valence-corrected chi connectivity index (χ3v) is 5.80. The van der Waals surface area contributed by atoms with E-state index in [1.165, 1.54) is 77.0 Å². The zero-order valence-corrected chi connectivity index (χ0v) is 16.5. The lowest BCUT2D eigenvalue weighted by molar-refractivity contribution is -0.186. The Hall–Kier alpha value is -0.610. The average Bonchev–Trinajstić information content (AvgIpc) is 2.97. The van der Waals surface area contributed by atoms with E-state index in [2.05, 4.69) is 6.92 Å². The average molecular weight is 356 g/mol. The Kier molecular flexibility index (Phi) is 12.2. The van der Waals surface area contributed by atoms with Crippen molar-refractivity contribution in [2.45, 2.75) is 122 Å². The van der Waals surface area contributed by atoms with Crippen LogP contribution in [0.5, 0.6) is 0 Å². The zero-order valence-electron chi connectivity index (χ0n) is 16.5. The minimum atomic E-state index is -1.00. The van der Waals surface area contributed by atoms with Crippen LogP contribution in [-0.4, -0.2) is 33.4 Å². The number of aliphatic carboxylic acids is 1. The number of unbranched alkanes of at least 4 members (excludes halogenated alkanes) is 13. The maximum absolute atomic E-state index is 11.5. The highest BCUT2D eigenvalue weighted by Gasteiger charge is 2.46. The molecule has 0 aliphatic carbocycles. The van der Waals surface area contributed by atoms with Crippen LogP contribution >= 0.6 is 0 Å². The Morgan fingerprint density at radius 3 is 1.64 bits per heavy atom. The van der Waals surface area contributed by atoms with Gasteiger partial charge in [0.15, 0.2) is 0 Å². The molecule has 0 bridgehead atoms. The quantitative estimate of drug-likeness (QED) is 0.325. The normalized spacial score (nSPS) is 21.0. The lowest BCUT2D eigenvalue weighted by atomic mass is 9.90. The molecule has 4 heteroatoms. The molecule has 25 heavy (non-hydrogen) atoms. The highest BCUT2D eigenvalue weighted by Crippen LogP contribution is 2.33. The first-order chi connectivity index (χ1) is 12.1. The fourth-order valence-corrected chi connectivity index (χ4v) is 4.05. The summed E-state index contributed by atoms with van der Waals surface area (Å²) < 4.78 is 0. The molecule has 0 amide bonds. The van der Waals surface area contributed by atoms with Gasteiger partial charge in [-0.25, -0.2) is 0 Å². The van der Waals surface area contributed by atoms with Crippen molar-refractivity contribution >= 4 is 5.97 Å². The van der Waals surface area contributed by atoms with Crippen molar-refractivity contribution in [2.24, 2.45) is 0 Å². The van der Waals surface area contributed by atoms with Crippen LogP contribution < -0.4 is 0 Å². The SMILES string of the molecule is CCCCCCCCCCCCCCCCC1(C(=O)O)CCCN1O. The first-order valence-electron chi connectivity index (χ1n) is 10.8. The second kappa shape index (κ2) is 13.6. The van der Waals surface area contributed by atoms with Crippen LogP contribution in [0.25, 0.3) is 0 Å². The van der Waals surface area contributed by atoms with Crippen LogP contribution in [0.2, 0.25) is 0 Å². The van der Waals surface area contributed by atoms with Gasteiger partial charge in [0.05, 0.1) is 0 Å². The summed E-state index contributed by atoms with van der Waals surface area (Å²) >= 11 is 0. The van der Waals surface area contributed by atoms with Crippen LogP contribution in [0.4, 0.5) is 0 Å². The van der Waals surface area contributed by atoms with Gasteiger partial charge in [-0.1, -0.05) is 96.8 Å². The fourth-order valence-electron chi connectivity index (χ4n) is 4.05. The van der Waals surface area contributed by atoms with Crippen molar-refractivity contribution in [3.8, 4) is 0 Å². The molecule has 2 N–H and O–H groups in total. The van der Waals surface area contributed by atoms with E-state index in [0.29, 0.717) is 19.4 Å². The minimum Gasteiger partial charge on any atom is -0.480 e. The van der Waals surface area contributed by atoms with Gasteiger partial charge >= 0.3 is 5.97 Å². The molecule has 1 unspecified atom stereocenters. The van der Waals surface area contributed by atoms with Crippen LogP contribution in [0.1, 0.15) is 116 Å². The second-order valence-corrected chi connectivity index (χ2v) is 7.91. The molecule has 1 aliphatic rings. The fraction of sp³-hybridized carbons (Fsp3) is 0.952. The Bertz CT molecular complexity index is 348. The van der Waals surface area contributed by atoms with Crippen molar-refractivity contribution in [3.05, 3.63) is 0 Å². The summed E-state index contributed by atoms with van der Waals surface area (Å²) in [6, 6.07) is 0. The number of carboxylic acid groups (broad SMARTS) is 1. The third kappa shape index (κ3) is 8.54. The van der Waals surface area contributed by atoms with Crippen molar-refractivity contribution < 1.29 is 15.1 Å². The molecule has 1 aliphatic heterocycles. The number of hydrogen-bond acceptors (Lipinski definition) is 3. The Morgan fingerprint density at radius 2 is 1.28 bits per heavy atom. The predicted molar refractivity (Wildman–Crippen MR) is 103 cm³/mol. The Labute approximate surface area is 154 Å². The van der Waals surface area contributed by atoms with Gasteiger partial charge < -0.3 is 10.3 Å². The van der Waals surface area contributed by atoms with Gasteiger partial charge in [0, 0.05) is 6.54 Å². The molecule has 0 aromatic rings. The number of carbonyl (C=O) groups is 1. The summed E-state index contributed by atoms with van der Waals surface area (Å²) in [5, 5.41) is 20.4. The van der Waals surface area contributed by atoms with E-state index in [-0.39, 0.29) is 0 Å². The van der Waals surface area contributed by atoms with E-state index in [4.69, 9.17) is 0 Å². The number of carboxylic acids is 1. The maximum atomic E-state index is 11.5. The molecule has 1 heterocycles.